The number of phenols is 1. The first kappa shape index (κ1) is 26.5. The van der Waals surface area contributed by atoms with Gasteiger partial charge in [0.15, 0.2) is 5.78 Å². The van der Waals surface area contributed by atoms with Crippen molar-refractivity contribution in [2.45, 2.75) is 77.2 Å². The SMILES string of the molecule is CC.COc1ccccc1C1CC(=O)C2=C(C1)NC(C)=C(C(=O)OC1CCCC1)C2c1cccc(O)c1. The number of hydrogen-bond donors (Lipinski definition) is 2. The number of dihydropyridines is 1. The molecule has 0 amide bonds. The van der Waals surface area contributed by atoms with Crippen molar-refractivity contribution in [3.05, 3.63) is 82.2 Å². The van der Waals surface area contributed by atoms with Crippen LogP contribution in [0.15, 0.2) is 71.1 Å². The van der Waals surface area contributed by atoms with Crippen LogP contribution < -0.4 is 10.1 Å². The highest BCUT2D eigenvalue weighted by atomic mass is 16.5. The first-order chi connectivity index (χ1) is 18.0. The summed E-state index contributed by atoms with van der Waals surface area (Å²) in [5.41, 5.74) is 4.25. The number of phenolic OH excluding ortho intramolecular Hbond substituents is 1. The zero-order chi connectivity index (χ0) is 26.5. The summed E-state index contributed by atoms with van der Waals surface area (Å²) < 4.78 is 11.4. The molecular weight excluding hydrogens is 466 g/mol. The Bertz CT molecular complexity index is 1220. The molecule has 196 valence electrons. The van der Waals surface area contributed by atoms with E-state index in [9.17, 15) is 14.7 Å². The van der Waals surface area contributed by atoms with Gasteiger partial charge < -0.3 is 19.9 Å². The predicted octanol–water partition coefficient (Wildman–Crippen LogP) is 6.27. The molecule has 2 aromatic carbocycles. The minimum atomic E-state index is -0.585. The number of hydrogen-bond acceptors (Lipinski definition) is 6. The van der Waals surface area contributed by atoms with Crippen LogP contribution in [0.3, 0.4) is 0 Å². The minimum Gasteiger partial charge on any atom is -0.508 e. The van der Waals surface area contributed by atoms with E-state index in [4.69, 9.17) is 9.47 Å². The summed E-state index contributed by atoms with van der Waals surface area (Å²) in [5.74, 6) is -0.154. The van der Waals surface area contributed by atoms with Crippen LogP contribution in [-0.4, -0.2) is 30.1 Å². The average molecular weight is 504 g/mol. The molecule has 1 aliphatic heterocycles. The summed E-state index contributed by atoms with van der Waals surface area (Å²) in [5, 5.41) is 13.6. The van der Waals surface area contributed by atoms with Gasteiger partial charge in [-0.3, -0.25) is 4.79 Å². The molecule has 2 unspecified atom stereocenters. The number of rotatable bonds is 5. The number of ether oxygens (including phenoxy) is 2. The summed E-state index contributed by atoms with van der Waals surface area (Å²) in [6.45, 7) is 5.86. The number of methoxy groups -OCH3 is 1. The molecule has 3 aliphatic rings. The summed E-state index contributed by atoms with van der Waals surface area (Å²) in [6.07, 6.45) is 4.72. The van der Waals surface area contributed by atoms with E-state index >= 15 is 0 Å². The van der Waals surface area contributed by atoms with Gasteiger partial charge in [0.05, 0.1) is 12.7 Å². The van der Waals surface area contributed by atoms with Crippen LogP contribution in [0.25, 0.3) is 0 Å². The molecule has 2 aromatic rings. The number of nitrogens with one attached hydrogen (secondary N) is 1. The van der Waals surface area contributed by atoms with Crippen LogP contribution >= 0.6 is 0 Å². The van der Waals surface area contributed by atoms with Gasteiger partial charge in [-0.15, -0.1) is 0 Å². The fourth-order valence-electron chi connectivity index (χ4n) is 5.79. The Kier molecular flexibility index (Phi) is 8.37. The lowest BCUT2D eigenvalue weighted by Crippen LogP contribution is -2.36. The van der Waals surface area contributed by atoms with E-state index in [0.717, 1.165) is 42.7 Å². The Morgan fingerprint density at radius 1 is 1.03 bits per heavy atom. The first-order valence-electron chi connectivity index (χ1n) is 13.3. The fraction of sp³-hybridized carbons (Fsp3) is 0.419. The second kappa shape index (κ2) is 11.7. The van der Waals surface area contributed by atoms with Crippen LogP contribution in [0.4, 0.5) is 0 Å². The summed E-state index contributed by atoms with van der Waals surface area (Å²) in [7, 11) is 1.64. The van der Waals surface area contributed by atoms with Crippen molar-refractivity contribution in [1.29, 1.82) is 0 Å². The van der Waals surface area contributed by atoms with Crippen molar-refractivity contribution in [3.63, 3.8) is 0 Å². The highest BCUT2D eigenvalue weighted by Crippen LogP contribution is 2.47. The fourth-order valence-corrected chi connectivity index (χ4v) is 5.79. The molecule has 1 fully saturated rings. The van der Waals surface area contributed by atoms with Gasteiger partial charge in [0.1, 0.15) is 17.6 Å². The highest BCUT2D eigenvalue weighted by molar-refractivity contribution is 6.04. The van der Waals surface area contributed by atoms with Gasteiger partial charge in [-0.1, -0.05) is 44.2 Å². The number of aromatic hydroxyl groups is 1. The van der Waals surface area contributed by atoms with Crippen LogP contribution in [0.1, 0.15) is 82.3 Å². The van der Waals surface area contributed by atoms with E-state index in [2.05, 4.69) is 5.32 Å². The lowest BCUT2D eigenvalue weighted by molar-refractivity contribution is -0.144. The molecule has 2 atom stereocenters. The Morgan fingerprint density at radius 2 is 1.76 bits per heavy atom. The monoisotopic (exact) mass is 503 g/mol. The van der Waals surface area contributed by atoms with Crippen molar-refractivity contribution in [1.82, 2.24) is 5.32 Å². The zero-order valence-corrected chi connectivity index (χ0v) is 22.2. The third kappa shape index (κ3) is 5.43. The molecule has 1 heterocycles. The molecule has 6 nitrogen and oxygen atoms in total. The maximum atomic E-state index is 13.7. The van der Waals surface area contributed by atoms with Crippen LogP contribution in [-0.2, 0) is 14.3 Å². The third-order valence-electron chi connectivity index (χ3n) is 7.41. The molecule has 0 spiro atoms. The van der Waals surface area contributed by atoms with Crippen LogP contribution in [0, 0.1) is 0 Å². The van der Waals surface area contributed by atoms with Gasteiger partial charge in [0.25, 0.3) is 0 Å². The lowest BCUT2D eigenvalue weighted by atomic mass is 9.71. The number of Topliss-reactive ketones (excluding diaryl/α,β-unsaturated/α-hetero) is 1. The second-order valence-corrected chi connectivity index (χ2v) is 9.67. The van der Waals surface area contributed by atoms with Gasteiger partial charge in [-0.25, -0.2) is 4.79 Å². The normalized spacial score (nSPS) is 21.6. The number of carbonyl (C=O) groups excluding carboxylic acids is 2. The quantitative estimate of drug-likeness (QED) is 0.468. The molecule has 0 radical (unpaired) electrons. The number of ketones is 1. The van der Waals surface area contributed by atoms with E-state index in [1.54, 1.807) is 25.3 Å². The van der Waals surface area contributed by atoms with Crippen molar-refractivity contribution in [3.8, 4) is 11.5 Å². The minimum absolute atomic E-state index is 0.0123. The van der Waals surface area contributed by atoms with Gasteiger partial charge in [-0.05, 0) is 68.4 Å². The molecule has 0 saturated heterocycles. The lowest BCUT2D eigenvalue weighted by Gasteiger charge is -2.37. The molecule has 2 N–H and O–H groups in total. The first-order valence-corrected chi connectivity index (χ1v) is 13.3. The number of allylic oxidation sites excluding steroid dienone is 3. The van der Waals surface area contributed by atoms with E-state index in [0.29, 0.717) is 35.2 Å². The van der Waals surface area contributed by atoms with Crippen LogP contribution in [0.5, 0.6) is 11.5 Å². The van der Waals surface area contributed by atoms with Gasteiger partial charge >= 0.3 is 5.97 Å². The van der Waals surface area contributed by atoms with Crippen molar-refractivity contribution < 1.29 is 24.2 Å². The van der Waals surface area contributed by atoms with Gasteiger partial charge in [0, 0.05) is 35.2 Å². The Morgan fingerprint density at radius 3 is 2.46 bits per heavy atom. The maximum absolute atomic E-state index is 13.7. The Hall–Kier alpha value is -3.54. The third-order valence-corrected chi connectivity index (χ3v) is 7.41. The topological polar surface area (TPSA) is 84.9 Å². The van der Waals surface area contributed by atoms with Crippen LogP contribution in [0.2, 0.25) is 0 Å². The standard InChI is InChI=1S/C29H31NO5.C2H6/c1-17-26(29(33)35-21-10-3-4-11-21)27(18-8-7-9-20(31)14-18)28-23(30-17)15-19(16-24(28)32)22-12-5-6-13-25(22)34-2;1-2/h5-9,12-14,19,21,27,30-31H,3-4,10-11,15-16H2,1-2H3;1-2H3. The van der Waals surface area contributed by atoms with Crippen molar-refractivity contribution in [2.75, 3.05) is 7.11 Å². The van der Waals surface area contributed by atoms with E-state index < -0.39 is 5.92 Å². The molecule has 0 bridgehead atoms. The summed E-state index contributed by atoms with van der Waals surface area (Å²) in [4.78, 5) is 27.2. The molecule has 1 saturated carbocycles. The van der Waals surface area contributed by atoms with Crippen molar-refractivity contribution >= 4 is 11.8 Å². The maximum Gasteiger partial charge on any atom is 0.337 e. The Labute approximate surface area is 219 Å². The van der Waals surface area contributed by atoms with Gasteiger partial charge in [-0.2, -0.15) is 0 Å². The smallest absolute Gasteiger partial charge is 0.337 e. The molecule has 0 aromatic heterocycles. The molecule has 6 heteroatoms. The van der Waals surface area contributed by atoms with Gasteiger partial charge in [0.2, 0.25) is 0 Å². The summed E-state index contributed by atoms with van der Waals surface area (Å²) in [6, 6.07) is 14.6. The molecule has 2 aliphatic carbocycles. The predicted molar refractivity (Wildman–Crippen MR) is 143 cm³/mol. The van der Waals surface area contributed by atoms with E-state index in [1.165, 1.54) is 0 Å². The van der Waals surface area contributed by atoms with E-state index in [1.807, 2.05) is 51.1 Å². The van der Waals surface area contributed by atoms with Crippen molar-refractivity contribution in [2.24, 2.45) is 0 Å². The molecular formula is C31H37NO5. The van der Waals surface area contributed by atoms with E-state index in [-0.39, 0.29) is 29.5 Å². The Balaban J connectivity index is 0.00000156. The molecule has 5 rings (SSSR count). The average Bonchev–Trinajstić information content (AvgIpc) is 3.41. The molecule has 37 heavy (non-hydrogen) atoms. The number of esters is 1. The number of para-hydroxylation sites is 1. The second-order valence-electron chi connectivity index (χ2n) is 9.67. The highest BCUT2D eigenvalue weighted by Gasteiger charge is 2.42. The summed E-state index contributed by atoms with van der Waals surface area (Å²) >= 11 is 0. The number of carbonyl (C=O) groups is 2. The number of benzene rings is 2. The zero-order valence-electron chi connectivity index (χ0n) is 22.2. The largest absolute Gasteiger partial charge is 0.508 e.